The molecule has 1 rings (SSSR count). The standard InChI is InChI=1S/C18H30O2/c1-6-17(19,7-2)16(18(20,8-3)9-4)15-12-10-14(5)11-13-15/h10-13,16,19-20H,6-9H2,1-5H3. The van der Waals surface area contributed by atoms with Gasteiger partial charge in [0.25, 0.3) is 0 Å². The van der Waals surface area contributed by atoms with E-state index in [1.807, 2.05) is 39.8 Å². The van der Waals surface area contributed by atoms with Gasteiger partial charge in [-0.2, -0.15) is 0 Å². The molecule has 0 heterocycles. The van der Waals surface area contributed by atoms with E-state index in [0.29, 0.717) is 25.7 Å². The van der Waals surface area contributed by atoms with E-state index in [1.54, 1.807) is 0 Å². The Hall–Kier alpha value is -0.860. The van der Waals surface area contributed by atoms with Gasteiger partial charge in [0.1, 0.15) is 0 Å². The van der Waals surface area contributed by atoms with Crippen molar-refractivity contribution < 1.29 is 10.2 Å². The van der Waals surface area contributed by atoms with E-state index in [9.17, 15) is 10.2 Å². The Labute approximate surface area is 123 Å². The molecule has 0 aromatic heterocycles. The van der Waals surface area contributed by atoms with E-state index in [0.717, 1.165) is 5.56 Å². The molecule has 0 unspecified atom stereocenters. The summed E-state index contributed by atoms with van der Waals surface area (Å²) < 4.78 is 0. The number of hydrogen-bond donors (Lipinski definition) is 2. The minimum Gasteiger partial charge on any atom is -0.389 e. The van der Waals surface area contributed by atoms with Crippen molar-refractivity contribution in [1.29, 1.82) is 0 Å². The minimum absolute atomic E-state index is 0.249. The van der Waals surface area contributed by atoms with E-state index in [-0.39, 0.29) is 5.92 Å². The zero-order chi connectivity index (χ0) is 15.4. The predicted molar refractivity (Wildman–Crippen MR) is 85.0 cm³/mol. The summed E-state index contributed by atoms with van der Waals surface area (Å²) in [6.07, 6.45) is 2.57. The molecule has 20 heavy (non-hydrogen) atoms. The first-order valence-corrected chi connectivity index (χ1v) is 7.88. The van der Waals surface area contributed by atoms with Crippen LogP contribution in [0.1, 0.15) is 70.4 Å². The molecule has 0 saturated heterocycles. The van der Waals surface area contributed by atoms with Gasteiger partial charge in [0.2, 0.25) is 0 Å². The topological polar surface area (TPSA) is 40.5 Å². The maximum absolute atomic E-state index is 11.0. The lowest BCUT2D eigenvalue weighted by molar-refractivity contribution is -0.0973. The summed E-state index contributed by atoms with van der Waals surface area (Å²) in [6, 6.07) is 8.21. The second kappa shape index (κ2) is 6.73. The van der Waals surface area contributed by atoms with E-state index >= 15 is 0 Å². The van der Waals surface area contributed by atoms with Crippen LogP contribution in [0.25, 0.3) is 0 Å². The molecule has 1 aromatic rings. The summed E-state index contributed by atoms with van der Waals surface area (Å²) in [6.45, 7) is 10.0. The molecule has 114 valence electrons. The normalized spacial score (nSPS) is 13.0. The van der Waals surface area contributed by atoms with Gasteiger partial charge in [0, 0.05) is 5.92 Å². The Morgan fingerprint density at radius 3 is 1.45 bits per heavy atom. The third-order valence-electron chi connectivity index (χ3n) is 4.93. The first-order chi connectivity index (χ1) is 9.36. The maximum Gasteiger partial charge on any atom is 0.0738 e. The average molecular weight is 278 g/mol. The van der Waals surface area contributed by atoms with Crippen LogP contribution >= 0.6 is 0 Å². The number of benzene rings is 1. The molecule has 0 aliphatic heterocycles. The fraction of sp³-hybridized carbons (Fsp3) is 0.667. The first kappa shape index (κ1) is 17.2. The molecule has 1 aromatic carbocycles. The van der Waals surface area contributed by atoms with Gasteiger partial charge in [-0.15, -0.1) is 0 Å². The molecule has 0 aliphatic carbocycles. The van der Waals surface area contributed by atoms with Gasteiger partial charge in [0.15, 0.2) is 0 Å². The van der Waals surface area contributed by atoms with Crippen LogP contribution in [0.15, 0.2) is 24.3 Å². The fourth-order valence-corrected chi connectivity index (χ4v) is 3.20. The van der Waals surface area contributed by atoms with Crippen molar-refractivity contribution in [2.45, 2.75) is 77.4 Å². The number of rotatable bonds is 7. The van der Waals surface area contributed by atoms with Crippen molar-refractivity contribution in [3.8, 4) is 0 Å². The van der Waals surface area contributed by atoms with Crippen LogP contribution in [0, 0.1) is 6.92 Å². The number of aliphatic hydroxyl groups is 2. The van der Waals surface area contributed by atoms with Crippen molar-refractivity contribution in [2.75, 3.05) is 0 Å². The van der Waals surface area contributed by atoms with Crippen molar-refractivity contribution in [3.05, 3.63) is 35.4 Å². The molecule has 2 heteroatoms. The Bertz CT molecular complexity index is 382. The molecule has 2 nitrogen and oxygen atoms in total. The lowest BCUT2D eigenvalue weighted by atomic mass is 9.67. The SMILES string of the molecule is CCC(O)(CC)C(c1ccc(C)cc1)C(O)(CC)CC. The molecule has 0 radical (unpaired) electrons. The van der Waals surface area contributed by atoms with Crippen LogP contribution in [-0.4, -0.2) is 21.4 Å². The van der Waals surface area contributed by atoms with Crippen molar-refractivity contribution >= 4 is 0 Å². The smallest absolute Gasteiger partial charge is 0.0738 e. The summed E-state index contributed by atoms with van der Waals surface area (Å²) in [5, 5.41) is 22.1. The summed E-state index contributed by atoms with van der Waals surface area (Å²) in [5.74, 6) is -0.249. The van der Waals surface area contributed by atoms with Gasteiger partial charge >= 0.3 is 0 Å². The Kier molecular flexibility index (Phi) is 5.79. The molecule has 2 N–H and O–H groups in total. The first-order valence-electron chi connectivity index (χ1n) is 7.88. The Morgan fingerprint density at radius 2 is 1.15 bits per heavy atom. The number of hydrogen-bond acceptors (Lipinski definition) is 2. The van der Waals surface area contributed by atoms with E-state index in [2.05, 4.69) is 19.1 Å². The third kappa shape index (κ3) is 3.24. The molecule has 0 amide bonds. The van der Waals surface area contributed by atoms with Gasteiger partial charge < -0.3 is 10.2 Å². The molecule has 0 bridgehead atoms. The summed E-state index contributed by atoms with van der Waals surface area (Å²) in [5.41, 5.74) is 0.500. The van der Waals surface area contributed by atoms with E-state index < -0.39 is 11.2 Å². The van der Waals surface area contributed by atoms with Crippen LogP contribution in [0.5, 0.6) is 0 Å². The van der Waals surface area contributed by atoms with Crippen molar-refractivity contribution in [2.24, 2.45) is 0 Å². The van der Waals surface area contributed by atoms with E-state index in [4.69, 9.17) is 0 Å². The van der Waals surface area contributed by atoms with Gasteiger partial charge in [-0.1, -0.05) is 57.5 Å². The lowest BCUT2D eigenvalue weighted by Gasteiger charge is -2.45. The monoisotopic (exact) mass is 278 g/mol. The van der Waals surface area contributed by atoms with Crippen LogP contribution in [0.3, 0.4) is 0 Å². The Balaban J connectivity index is 3.37. The second-order valence-electron chi connectivity index (χ2n) is 5.97. The Morgan fingerprint density at radius 1 is 0.800 bits per heavy atom. The zero-order valence-electron chi connectivity index (χ0n) is 13.6. The third-order valence-corrected chi connectivity index (χ3v) is 4.93. The highest BCUT2D eigenvalue weighted by molar-refractivity contribution is 5.30. The molecule has 0 fully saturated rings. The predicted octanol–water partition coefficient (Wildman–Crippen LogP) is 4.18. The van der Waals surface area contributed by atoms with Crippen molar-refractivity contribution in [1.82, 2.24) is 0 Å². The maximum atomic E-state index is 11.0. The van der Waals surface area contributed by atoms with Gasteiger partial charge in [-0.05, 0) is 38.2 Å². The molecular formula is C18H30O2. The van der Waals surface area contributed by atoms with Crippen LogP contribution < -0.4 is 0 Å². The summed E-state index contributed by atoms with van der Waals surface area (Å²) in [7, 11) is 0. The minimum atomic E-state index is -0.865. The quantitative estimate of drug-likeness (QED) is 0.785. The fourth-order valence-electron chi connectivity index (χ4n) is 3.20. The van der Waals surface area contributed by atoms with Crippen LogP contribution in [-0.2, 0) is 0 Å². The highest BCUT2D eigenvalue weighted by Gasteiger charge is 2.46. The van der Waals surface area contributed by atoms with Gasteiger partial charge in [-0.3, -0.25) is 0 Å². The zero-order valence-corrected chi connectivity index (χ0v) is 13.6. The molecular weight excluding hydrogens is 248 g/mol. The molecule has 0 saturated carbocycles. The van der Waals surface area contributed by atoms with Gasteiger partial charge in [0.05, 0.1) is 11.2 Å². The molecule has 0 aliphatic rings. The summed E-state index contributed by atoms with van der Waals surface area (Å²) >= 11 is 0. The summed E-state index contributed by atoms with van der Waals surface area (Å²) in [4.78, 5) is 0. The largest absolute Gasteiger partial charge is 0.389 e. The highest BCUT2D eigenvalue weighted by Crippen LogP contribution is 2.44. The lowest BCUT2D eigenvalue weighted by Crippen LogP contribution is -2.49. The molecule has 0 atom stereocenters. The average Bonchev–Trinajstić information content (AvgIpc) is 2.48. The van der Waals surface area contributed by atoms with Crippen molar-refractivity contribution in [3.63, 3.8) is 0 Å². The van der Waals surface area contributed by atoms with E-state index in [1.165, 1.54) is 5.56 Å². The molecule has 0 spiro atoms. The van der Waals surface area contributed by atoms with Crippen LogP contribution in [0.4, 0.5) is 0 Å². The number of aryl methyl sites for hydroxylation is 1. The van der Waals surface area contributed by atoms with Gasteiger partial charge in [-0.25, -0.2) is 0 Å². The highest BCUT2D eigenvalue weighted by atomic mass is 16.3. The second-order valence-corrected chi connectivity index (χ2v) is 5.97. The van der Waals surface area contributed by atoms with Crippen LogP contribution in [0.2, 0.25) is 0 Å².